The minimum atomic E-state index is -3.84. The van der Waals surface area contributed by atoms with Crippen LogP contribution in [0.5, 0.6) is 0 Å². The Hall–Kier alpha value is -1.62. The van der Waals surface area contributed by atoms with Crippen molar-refractivity contribution in [3.8, 4) is 0 Å². The van der Waals surface area contributed by atoms with Gasteiger partial charge in [0.1, 0.15) is 6.04 Å². The molecule has 2 heterocycles. The number of hydrogen-bond acceptors (Lipinski definition) is 3. The number of halogens is 1. The summed E-state index contributed by atoms with van der Waals surface area (Å²) >= 11 is 6.08. The van der Waals surface area contributed by atoms with Crippen molar-refractivity contribution in [2.45, 2.75) is 25.8 Å². The zero-order valence-electron chi connectivity index (χ0n) is 11.2. The van der Waals surface area contributed by atoms with Crippen molar-refractivity contribution in [2.75, 3.05) is 10.8 Å². The van der Waals surface area contributed by atoms with Gasteiger partial charge in [-0.2, -0.15) is 17.0 Å². The van der Waals surface area contributed by atoms with Gasteiger partial charge in [0.15, 0.2) is 0 Å². The van der Waals surface area contributed by atoms with Gasteiger partial charge < -0.3 is 0 Å². The molecule has 8 heteroatoms. The first kappa shape index (κ1) is 14.3. The summed E-state index contributed by atoms with van der Waals surface area (Å²) < 4.78 is 27.1. The van der Waals surface area contributed by atoms with E-state index in [-0.39, 0.29) is 16.4 Å². The quantitative estimate of drug-likeness (QED) is 0.744. The molecule has 2 aliphatic heterocycles. The molecule has 110 valence electrons. The van der Waals surface area contributed by atoms with E-state index >= 15 is 0 Å². The second-order valence-electron chi connectivity index (χ2n) is 5.03. The maximum absolute atomic E-state index is 12.5. The second-order valence-corrected chi connectivity index (χ2v) is 7.14. The molecule has 21 heavy (non-hydrogen) atoms. The van der Waals surface area contributed by atoms with E-state index in [1.807, 2.05) is 0 Å². The fourth-order valence-electron chi connectivity index (χ4n) is 2.83. The summed E-state index contributed by atoms with van der Waals surface area (Å²) in [4.78, 5) is 15.7. The number of carbonyl (C=O) groups excluding carboxylic acids is 1. The summed E-state index contributed by atoms with van der Waals surface area (Å²) in [6.45, 7) is 8.99. The van der Waals surface area contributed by atoms with Crippen molar-refractivity contribution < 1.29 is 13.2 Å². The lowest BCUT2D eigenvalue weighted by Gasteiger charge is -2.20. The molecule has 0 aliphatic carbocycles. The van der Waals surface area contributed by atoms with Crippen LogP contribution in [-0.4, -0.2) is 31.2 Å². The number of benzene rings is 1. The molecule has 0 bridgehead atoms. The van der Waals surface area contributed by atoms with Crippen LogP contribution in [0.1, 0.15) is 18.4 Å². The zero-order chi connectivity index (χ0) is 15.4. The summed E-state index contributed by atoms with van der Waals surface area (Å²) in [5, 5.41) is 0.178. The van der Waals surface area contributed by atoms with Gasteiger partial charge in [-0.05, 0) is 31.4 Å². The fourth-order valence-corrected chi connectivity index (χ4v) is 4.91. The van der Waals surface area contributed by atoms with Gasteiger partial charge in [-0.25, -0.2) is 4.85 Å². The van der Waals surface area contributed by atoms with Gasteiger partial charge >= 0.3 is 10.2 Å². The molecule has 6 nitrogen and oxygen atoms in total. The second kappa shape index (κ2) is 4.70. The molecule has 1 aromatic rings. The smallest absolute Gasteiger partial charge is 0.271 e. The number of nitrogens with zero attached hydrogens (tertiary/aromatic N) is 3. The summed E-state index contributed by atoms with van der Waals surface area (Å²) in [6.07, 6.45) is 1.24. The van der Waals surface area contributed by atoms with Crippen molar-refractivity contribution >= 4 is 39.1 Å². The Morgan fingerprint density at radius 2 is 2.14 bits per heavy atom. The van der Waals surface area contributed by atoms with E-state index in [9.17, 15) is 13.2 Å². The number of fused-ring (bicyclic) bond motifs is 1. The average molecular weight is 326 g/mol. The predicted octanol–water partition coefficient (Wildman–Crippen LogP) is 2.26. The van der Waals surface area contributed by atoms with Crippen molar-refractivity contribution in [1.82, 2.24) is 4.31 Å². The maximum Gasteiger partial charge on any atom is 0.311 e. The average Bonchev–Trinajstić information content (AvgIpc) is 2.99. The molecule has 2 aliphatic rings. The van der Waals surface area contributed by atoms with Crippen molar-refractivity contribution in [1.29, 1.82) is 0 Å². The van der Waals surface area contributed by atoms with Crippen LogP contribution < -0.4 is 4.31 Å². The first-order valence-electron chi connectivity index (χ1n) is 6.42. The van der Waals surface area contributed by atoms with E-state index in [2.05, 4.69) is 4.85 Å². The van der Waals surface area contributed by atoms with Crippen LogP contribution in [0.4, 0.5) is 11.4 Å². The number of rotatable bonds is 1. The Labute approximate surface area is 127 Å². The summed E-state index contributed by atoms with van der Waals surface area (Å²) in [5.41, 5.74) is 0.887. The van der Waals surface area contributed by atoms with E-state index in [4.69, 9.17) is 18.2 Å². The van der Waals surface area contributed by atoms with E-state index < -0.39 is 22.2 Å². The zero-order valence-corrected chi connectivity index (χ0v) is 12.8. The molecule has 1 atom stereocenters. The largest absolute Gasteiger partial charge is 0.311 e. The molecule has 2 fully saturated rings. The van der Waals surface area contributed by atoms with Gasteiger partial charge in [0.25, 0.3) is 5.91 Å². The standard InChI is InChI=1S/C13H12ClN3O3S/c1-8-10(6-5-9(15-2)12(8)14)17-13(18)11-4-3-7-16(11)21(17,19)20/h5-6,11H,3-4,7H2,1H3/t11-/m0/s1. The number of carbonyl (C=O) groups is 1. The molecular formula is C13H12ClN3O3S. The third-order valence-electron chi connectivity index (χ3n) is 3.89. The highest BCUT2D eigenvalue weighted by Crippen LogP contribution is 2.41. The van der Waals surface area contributed by atoms with E-state index in [1.165, 1.54) is 16.4 Å². The fraction of sp³-hybridized carbons (Fsp3) is 0.385. The Kier molecular flexibility index (Phi) is 3.20. The van der Waals surface area contributed by atoms with Crippen LogP contribution in [-0.2, 0) is 15.0 Å². The highest BCUT2D eigenvalue weighted by Gasteiger charge is 2.53. The van der Waals surface area contributed by atoms with Crippen LogP contribution in [0.15, 0.2) is 12.1 Å². The Balaban J connectivity index is 2.16. The predicted molar refractivity (Wildman–Crippen MR) is 78.6 cm³/mol. The molecule has 0 N–H and O–H groups in total. The van der Waals surface area contributed by atoms with Gasteiger partial charge in [0.2, 0.25) is 5.69 Å². The van der Waals surface area contributed by atoms with Crippen molar-refractivity contribution in [3.05, 3.63) is 34.1 Å². The SMILES string of the molecule is [C-]#[N+]c1ccc(N2C(=O)[C@@H]3CCCN3S2(=O)=O)c(C)c1Cl. The van der Waals surface area contributed by atoms with Crippen LogP contribution in [0.2, 0.25) is 5.02 Å². The van der Waals surface area contributed by atoms with Gasteiger partial charge in [0, 0.05) is 6.54 Å². The van der Waals surface area contributed by atoms with Crippen molar-refractivity contribution in [3.63, 3.8) is 0 Å². The third kappa shape index (κ3) is 1.87. The lowest BCUT2D eigenvalue weighted by Crippen LogP contribution is -2.34. The highest BCUT2D eigenvalue weighted by molar-refractivity contribution is 7.91. The molecule has 0 unspecified atom stereocenters. The molecule has 1 amide bonds. The van der Waals surface area contributed by atoms with Crippen LogP contribution >= 0.6 is 11.6 Å². The summed E-state index contributed by atoms with van der Waals surface area (Å²) in [5.74, 6) is -0.442. The number of amides is 1. The van der Waals surface area contributed by atoms with E-state index in [0.717, 1.165) is 4.31 Å². The maximum atomic E-state index is 12.5. The molecule has 0 aromatic heterocycles. The molecule has 2 saturated heterocycles. The minimum absolute atomic E-state index is 0.178. The Morgan fingerprint density at radius 1 is 1.43 bits per heavy atom. The van der Waals surface area contributed by atoms with Gasteiger partial charge in [0.05, 0.1) is 17.3 Å². The van der Waals surface area contributed by atoms with Crippen LogP contribution in [0.3, 0.4) is 0 Å². The van der Waals surface area contributed by atoms with Crippen LogP contribution in [0, 0.1) is 13.5 Å². The minimum Gasteiger partial charge on any atom is -0.271 e. The number of anilines is 1. The Bertz CT molecular complexity index is 785. The summed E-state index contributed by atoms with van der Waals surface area (Å²) in [7, 11) is -3.84. The molecule has 3 rings (SSSR count). The van der Waals surface area contributed by atoms with Crippen LogP contribution in [0.25, 0.3) is 4.85 Å². The highest BCUT2D eigenvalue weighted by atomic mass is 35.5. The molecule has 1 aromatic carbocycles. The molecule has 0 spiro atoms. The first-order chi connectivity index (χ1) is 9.89. The normalized spacial score (nSPS) is 24.1. The van der Waals surface area contributed by atoms with Gasteiger partial charge in [-0.1, -0.05) is 17.7 Å². The van der Waals surface area contributed by atoms with E-state index in [0.29, 0.717) is 24.9 Å². The lowest BCUT2D eigenvalue weighted by molar-refractivity contribution is -0.119. The molecular weight excluding hydrogens is 314 g/mol. The third-order valence-corrected chi connectivity index (χ3v) is 6.24. The van der Waals surface area contributed by atoms with Crippen molar-refractivity contribution in [2.24, 2.45) is 0 Å². The molecule has 0 radical (unpaired) electrons. The first-order valence-corrected chi connectivity index (χ1v) is 8.19. The topological polar surface area (TPSA) is 62.1 Å². The van der Waals surface area contributed by atoms with Gasteiger partial charge in [-0.3, -0.25) is 4.79 Å². The summed E-state index contributed by atoms with van der Waals surface area (Å²) in [6, 6.07) is 2.30. The Morgan fingerprint density at radius 3 is 2.76 bits per heavy atom. The molecule has 0 saturated carbocycles. The number of hydrogen-bond donors (Lipinski definition) is 0. The van der Waals surface area contributed by atoms with Gasteiger partial charge in [-0.15, -0.1) is 0 Å². The monoisotopic (exact) mass is 325 g/mol. The van der Waals surface area contributed by atoms with E-state index in [1.54, 1.807) is 6.92 Å². The lowest BCUT2D eigenvalue weighted by atomic mass is 10.1.